The van der Waals surface area contributed by atoms with Crippen molar-refractivity contribution in [1.82, 2.24) is 15.0 Å². The molecule has 1 aromatic heterocycles. The summed E-state index contributed by atoms with van der Waals surface area (Å²) in [7, 11) is 0. The molecule has 23 heavy (non-hydrogen) atoms. The molecular weight excluding hydrogens is 298 g/mol. The van der Waals surface area contributed by atoms with Crippen molar-refractivity contribution in [2.24, 2.45) is 5.92 Å². The topological polar surface area (TPSA) is 80.9 Å². The molecule has 122 valence electrons. The number of aromatic nitrogens is 2. The quantitative estimate of drug-likeness (QED) is 0.832. The molecule has 2 heterocycles. The monoisotopic (exact) mass is 317 g/mol. The van der Waals surface area contributed by atoms with Gasteiger partial charge < -0.3 is 19.1 Å². The van der Waals surface area contributed by atoms with E-state index in [4.69, 9.17) is 14.0 Å². The van der Waals surface area contributed by atoms with Crippen molar-refractivity contribution >= 4 is 0 Å². The van der Waals surface area contributed by atoms with E-state index in [1.807, 2.05) is 18.2 Å². The van der Waals surface area contributed by atoms with E-state index in [0.29, 0.717) is 30.6 Å². The van der Waals surface area contributed by atoms with Gasteiger partial charge in [-0.15, -0.1) is 0 Å². The van der Waals surface area contributed by atoms with Crippen LogP contribution in [0.2, 0.25) is 0 Å². The molecule has 4 rings (SSSR count). The molecule has 1 aliphatic heterocycles. The van der Waals surface area contributed by atoms with E-state index in [0.717, 1.165) is 23.8 Å². The predicted octanol–water partition coefficient (Wildman–Crippen LogP) is 1.67. The fourth-order valence-electron chi connectivity index (χ4n) is 2.71. The minimum absolute atomic E-state index is 0.135. The van der Waals surface area contributed by atoms with Crippen LogP contribution in [0.4, 0.5) is 0 Å². The van der Waals surface area contributed by atoms with Crippen molar-refractivity contribution in [3.8, 4) is 22.9 Å². The molecule has 0 atom stereocenters. The van der Waals surface area contributed by atoms with Gasteiger partial charge in [-0.1, -0.05) is 5.16 Å². The van der Waals surface area contributed by atoms with Gasteiger partial charge in [-0.2, -0.15) is 4.98 Å². The van der Waals surface area contributed by atoms with Crippen molar-refractivity contribution in [2.45, 2.75) is 19.4 Å². The summed E-state index contributed by atoms with van der Waals surface area (Å²) in [6.45, 7) is 2.54. The smallest absolute Gasteiger partial charge is 0.241 e. The zero-order valence-electron chi connectivity index (χ0n) is 12.8. The Balaban J connectivity index is 1.47. The summed E-state index contributed by atoms with van der Waals surface area (Å²) in [6.07, 6.45) is 2.54. The lowest BCUT2D eigenvalue weighted by atomic mass is 10.2. The lowest BCUT2D eigenvalue weighted by molar-refractivity contribution is 0.168. The van der Waals surface area contributed by atoms with Crippen LogP contribution in [0, 0.1) is 5.92 Å². The van der Waals surface area contributed by atoms with Crippen molar-refractivity contribution in [3.05, 3.63) is 24.1 Å². The van der Waals surface area contributed by atoms with Gasteiger partial charge in [0, 0.05) is 18.7 Å². The van der Waals surface area contributed by atoms with Gasteiger partial charge in [-0.05, 0) is 37.0 Å². The second-order valence-electron chi connectivity index (χ2n) is 5.98. The van der Waals surface area contributed by atoms with E-state index in [2.05, 4.69) is 15.0 Å². The Hall–Kier alpha value is -2.12. The molecule has 2 aliphatic rings. The number of aliphatic hydroxyl groups excluding tert-OH is 1. The van der Waals surface area contributed by atoms with Gasteiger partial charge >= 0.3 is 0 Å². The number of ether oxygens (including phenoxy) is 2. The Morgan fingerprint density at radius 1 is 1.22 bits per heavy atom. The van der Waals surface area contributed by atoms with Crippen LogP contribution >= 0.6 is 0 Å². The molecule has 1 N–H and O–H groups in total. The minimum Gasteiger partial charge on any atom is -0.454 e. The first kappa shape index (κ1) is 14.5. The van der Waals surface area contributed by atoms with E-state index < -0.39 is 0 Å². The molecule has 7 nitrogen and oxygen atoms in total. The fraction of sp³-hybridized carbons (Fsp3) is 0.500. The van der Waals surface area contributed by atoms with Crippen molar-refractivity contribution in [2.75, 3.05) is 26.5 Å². The average molecular weight is 317 g/mol. The largest absolute Gasteiger partial charge is 0.454 e. The highest BCUT2D eigenvalue weighted by Crippen LogP contribution is 2.35. The van der Waals surface area contributed by atoms with Crippen molar-refractivity contribution in [1.29, 1.82) is 0 Å². The summed E-state index contributed by atoms with van der Waals surface area (Å²) < 4.78 is 16.0. The number of benzene rings is 1. The molecule has 7 heteroatoms. The number of hydrogen-bond donors (Lipinski definition) is 1. The van der Waals surface area contributed by atoms with E-state index in [1.165, 1.54) is 12.8 Å². The van der Waals surface area contributed by atoms with Gasteiger partial charge in [0.25, 0.3) is 0 Å². The summed E-state index contributed by atoms with van der Waals surface area (Å²) >= 11 is 0. The standard InChI is InChI=1S/C16H19N3O4/c20-6-5-19(8-11-1-2-11)9-15-17-16(18-23-15)12-3-4-13-14(7-12)22-10-21-13/h3-4,7,11,20H,1-2,5-6,8-10H2. The summed E-state index contributed by atoms with van der Waals surface area (Å²) in [5.74, 6) is 3.28. The third kappa shape index (κ3) is 3.30. The summed E-state index contributed by atoms with van der Waals surface area (Å²) in [5.41, 5.74) is 0.833. The SMILES string of the molecule is OCCN(Cc1nc(-c2ccc3c(c2)OCO3)no1)CC1CC1. The molecular formula is C16H19N3O4. The Labute approximate surface area is 133 Å². The highest BCUT2D eigenvalue weighted by molar-refractivity contribution is 5.61. The molecule has 2 aromatic rings. The molecule has 0 unspecified atom stereocenters. The molecule has 0 amide bonds. The first-order chi connectivity index (χ1) is 11.3. The molecule has 0 radical (unpaired) electrons. The molecule has 1 fully saturated rings. The van der Waals surface area contributed by atoms with E-state index in [1.54, 1.807) is 0 Å². The van der Waals surface area contributed by atoms with Crippen molar-refractivity contribution < 1.29 is 19.1 Å². The second kappa shape index (κ2) is 6.17. The maximum Gasteiger partial charge on any atom is 0.241 e. The van der Waals surface area contributed by atoms with Crippen molar-refractivity contribution in [3.63, 3.8) is 0 Å². The van der Waals surface area contributed by atoms with Gasteiger partial charge in [0.05, 0.1) is 13.2 Å². The lowest BCUT2D eigenvalue weighted by Crippen LogP contribution is -2.28. The van der Waals surface area contributed by atoms with Gasteiger partial charge in [0.1, 0.15) is 0 Å². The molecule has 1 aromatic carbocycles. The average Bonchev–Trinajstić information content (AvgIpc) is 3.06. The molecule has 0 saturated heterocycles. The number of fused-ring (bicyclic) bond motifs is 1. The molecule has 0 bridgehead atoms. The molecule has 1 aliphatic carbocycles. The van der Waals surface area contributed by atoms with Crippen LogP contribution in [0.1, 0.15) is 18.7 Å². The van der Waals surface area contributed by atoms with E-state index in [-0.39, 0.29) is 13.4 Å². The maximum atomic E-state index is 9.19. The highest BCUT2D eigenvalue weighted by Gasteiger charge is 2.25. The minimum atomic E-state index is 0.135. The Bertz CT molecular complexity index is 684. The summed E-state index contributed by atoms with van der Waals surface area (Å²) in [5, 5.41) is 13.2. The summed E-state index contributed by atoms with van der Waals surface area (Å²) in [4.78, 5) is 6.62. The third-order valence-corrected chi connectivity index (χ3v) is 4.09. The van der Waals surface area contributed by atoms with Crippen LogP contribution in [0.15, 0.2) is 22.7 Å². The van der Waals surface area contributed by atoms with Crippen LogP contribution in [0.5, 0.6) is 11.5 Å². The molecule has 1 saturated carbocycles. The van der Waals surface area contributed by atoms with Crippen LogP contribution in [0.3, 0.4) is 0 Å². The van der Waals surface area contributed by atoms with Crippen LogP contribution in [-0.2, 0) is 6.54 Å². The highest BCUT2D eigenvalue weighted by atomic mass is 16.7. The fourth-order valence-corrected chi connectivity index (χ4v) is 2.71. The molecule has 0 spiro atoms. The summed E-state index contributed by atoms with van der Waals surface area (Å²) in [6, 6.07) is 5.59. The number of hydrogen-bond acceptors (Lipinski definition) is 7. The Morgan fingerprint density at radius 2 is 2.09 bits per heavy atom. The lowest BCUT2D eigenvalue weighted by Gasteiger charge is -2.18. The van der Waals surface area contributed by atoms with E-state index in [9.17, 15) is 5.11 Å². The van der Waals surface area contributed by atoms with Crippen LogP contribution in [0.25, 0.3) is 11.4 Å². The normalized spacial score (nSPS) is 16.3. The Kier molecular flexibility index (Phi) is 3.88. The first-order valence-electron chi connectivity index (χ1n) is 7.87. The van der Waals surface area contributed by atoms with Crippen LogP contribution < -0.4 is 9.47 Å². The van der Waals surface area contributed by atoms with Gasteiger partial charge in [0.2, 0.25) is 18.5 Å². The maximum absolute atomic E-state index is 9.19. The Morgan fingerprint density at radius 3 is 2.91 bits per heavy atom. The third-order valence-electron chi connectivity index (χ3n) is 4.09. The number of nitrogens with zero attached hydrogens (tertiary/aromatic N) is 3. The van der Waals surface area contributed by atoms with Crippen LogP contribution in [-0.4, -0.2) is 46.6 Å². The van der Waals surface area contributed by atoms with E-state index >= 15 is 0 Å². The number of rotatable bonds is 7. The second-order valence-corrected chi connectivity index (χ2v) is 5.98. The zero-order valence-corrected chi connectivity index (χ0v) is 12.8. The predicted molar refractivity (Wildman–Crippen MR) is 80.9 cm³/mol. The first-order valence-corrected chi connectivity index (χ1v) is 7.87. The van der Waals surface area contributed by atoms with Gasteiger partial charge in [-0.25, -0.2) is 0 Å². The number of aliphatic hydroxyl groups is 1. The van der Waals surface area contributed by atoms with Gasteiger partial charge in [-0.3, -0.25) is 4.90 Å². The zero-order chi connectivity index (χ0) is 15.6. The van der Waals surface area contributed by atoms with Gasteiger partial charge in [0.15, 0.2) is 11.5 Å².